The number of nitrogens with zero attached hydrogens (tertiary/aromatic N) is 1. The first-order valence-electron chi connectivity index (χ1n) is 7.36. The molecule has 2 N–H and O–H groups in total. The second kappa shape index (κ2) is 8.45. The number of hydrogen-bond donors (Lipinski definition) is 2. The summed E-state index contributed by atoms with van der Waals surface area (Å²) in [6.45, 7) is 0.167. The highest BCUT2D eigenvalue weighted by molar-refractivity contribution is 7.10. The molecular formula is C17H21N3O2S. The van der Waals surface area contributed by atoms with Gasteiger partial charge in [0.1, 0.15) is 0 Å². The second-order valence-electron chi connectivity index (χ2n) is 5.30. The zero-order valence-electron chi connectivity index (χ0n) is 13.3. The number of hydrogen-bond acceptors (Lipinski definition) is 4. The number of thiophene rings is 1. The lowest BCUT2D eigenvalue weighted by molar-refractivity contribution is -0.130. The highest BCUT2D eigenvalue weighted by Gasteiger charge is 2.16. The van der Waals surface area contributed by atoms with Crippen LogP contribution in [-0.2, 0) is 9.59 Å². The van der Waals surface area contributed by atoms with E-state index in [1.165, 1.54) is 4.90 Å². The first-order chi connectivity index (χ1) is 11.1. The van der Waals surface area contributed by atoms with Crippen LogP contribution in [0.4, 0.5) is 0 Å². The van der Waals surface area contributed by atoms with Crippen molar-refractivity contribution < 1.29 is 9.59 Å². The van der Waals surface area contributed by atoms with Crippen molar-refractivity contribution in [2.24, 2.45) is 0 Å². The van der Waals surface area contributed by atoms with Crippen molar-refractivity contribution in [2.45, 2.75) is 6.04 Å². The van der Waals surface area contributed by atoms with Gasteiger partial charge >= 0.3 is 0 Å². The molecule has 0 aliphatic heterocycles. The Morgan fingerprint density at radius 2 is 1.83 bits per heavy atom. The van der Waals surface area contributed by atoms with Crippen LogP contribution >= 0.6 is 11.3 Å². The normalized spacial score (nSPS) is 11.7. The van der Waals surface area contributed by atoms with Gasteiger partial charge in [0.15, 0.2) is 0 Å². The smallest absolute Gasteiger partial charge is 0.241 e. The van der Waals surface area contributed by atoms with Crippen molar-refractivity contribution in [3.8, 4) is 0 Å². The Labute approximate surface area is 140 Å². The van der Waals surface area contributed by atoms with E-state index in [1.807, 2.05) is 47.8 Å². The van der Waals surface area contributed by atoms with E-state index in [0.717, 1.165) is 10.4 Å². The first-order valence-corrected chi connectivity index (χ1v) is 8.24. The predicted octanol–water partition coefficient (Wildman–Crippen LogP) is 1.63. The molecule has 0 saturated carbocycles. The Morgan fingerprint density at radius 1 is 1.09 bits per heavy atom. The van der Waals surface area contributed by atoms with Gasteiger partial charge < -0.3 is 10.2 Å². The summed E-state index contributed by atoms with van der Waals surface area (Å²) < 4.78 is 0. The van der Waals surface area contributed by atoms with Crippen LogP contribution in [0, 0.1) is 0 Å². The molecule has 1 heterocycles. The van der Waals surface area contributed by atoms with Crippen molar-refractivity contribution in [3.05, 3.63) is 58.3 Å². The topological polar surface area (TPSA) is 61.4 Å². The third-order valence-electron chi connectivity index (χ3n) is 3.36. The Morgan fingerprint density at radius 3 is 2.43 bits per heavy atom. The molecule has 122 valence electrons. The average molecular weight is 331 g/mol. The largest absolute Gasteiger partial charge is 0.347 e. The standard InChI is InChI=1S/C17H21N3O2S/c1-20(2)16(22)12-18-15(21)11-19-17(14-9-6-10-23-14)13-7-4-3-5-8-13/h3-10,17,19H,11-12H2,1-2H3,(H,18,21)/t17-/m1/s1. The Balaban J connectivity index is 1.94. The van der Waals surface area contributed by atoms with Crippen LogP contribution in [0.5, 0.6) is 0 Å². The fraction of sp³-hybridized carbons (Fsp3) is 0.294. The third-order valence-corrected chi connectivity index (χ3v) is 4.30. The Bertz CT molecular complexity index is 627. The Hall–Kier alpha value is -2.18. The highest BCUT2D eigenvalue weighted by atomic mass is 32.1. The molecule has 2 rings (SSSR count). The molecule has 0 spiro atoms. The molecule has 1 aromatic carbocycles. The predicted molar refractivity (Wildman–Crippen MR) is 92.3 cm³/mol. The lowest BCUT2D eigenvalue weighted by atomic mass is 10.1. The van der Waals surface area contributed by atoms with Gasteiger partial charge in [-0.1, -0.05) is 36.4 Å². The number of likely N-dealkylation sites (N-methyl/N-ethyl adjacent to an activating group) is 1. The molecule has 1 aromatic heterocycles. The van der Waals surface area contributed by atoms with Crippen LogP contribution in [0.3, 0.4) is 0 Å². The minimum atomic E-state index is -0.197. The quantitative estimate of drug-likeness (QED) is 0.811. The number of nitrogens with one attached hydrogen (secondary N) is 2. The second-order valence-corrected chi connectivity index (χ2v) is 6.28. The summed E-state index contributed by atoms with van der Waals surface area (Å²) in [5.74, 6) is -0.325. The number of amides is 2. The number of rotatable bonds is 7. The van der Waals surface area contributed by atoms with Gasteiger partial charge in [-0.05, 0) is 17.0 Å². The summed E-state index contributed by atoms with van der Waals surface area (Å²) in [4.78, 5) is 26.0. The van der Waals surface area contributed by atoms with Gasteiger partial charge in [0, 0.05) is 19.0 Å². The average Bonchev–Trinajstić information content (AvgIpc) is 3.08. The van der Waals surface area contributed by atoms with Gasteiger partial charge in [0.2, 0.25) is 11.8 Å². The fourth-order valence-corrected chi connectivity index (χ4v) is 2.90. The zero-order valence-corrected chi connectivity index (χ0v) is 14.1. The third kappa shape index (κ3) is 5.19. The number of carbonyl (C=O) groups excluding carboxylic acids is 2. The summed E-state index contributed by atoms with van der Waals surface area (Å²) in [5, 5.41) is 7.91. The number of carbonyl (C=O) groups is 2. The molecule has 23 heavy (non-hydrogen) atoms. The highest BCUT2D eigenvalue weighted by Crippen LogP contribution is 2.25. The van der Waals surface area contributed by atoms with Crippen LogP contribution in [0.15, 0.2) is 47.8 Å². The molecule has 5 nitrogen and oxygen atoms in total. The molecule has 0 unspecified atom stereocenters. The molecular weight excluding hydrogens is 310 g/mol. The van der Waals surface area contributed by atoms with Gasteiger partial charge in [-0.15, -0.1) is 11.3 Å². The van der Waals surface area contributed by atoms with E-state index in [9.17, 15) is 9.59 Å². The van der Waals surface area contributed by atoms with Crippen LogP contribution in [0.1, 0.15) is 16.5 Å². The van der Waals surface area contributed by atoms with E-state index in [0.29, 0.717) is 0 Å². The summed E-state index contributed by atoms with van der Waals surface area (Å²) in [5.41, 5.74) is 1.10. The monoisotopic (exact) mass is 331 g/mol. The van der Waals surface area contributed by atoms with Gasteiger partial charge in [0.05, 0.1) is 19.1 Å². The minimum absolute atomic E-state index is 0.0164. The molecule has 0 aliphatic rings. The lowest BCUT2D eigenvalue weighted by Gasteiger charge is -2.18. The van der Waals surface area contributed by atoms with Gasteiger partial charge in [-0.2, -0.15) is 0 Å². The zero-order chi connectivity index (χ0) is 16.7. The molecule has 6 heteroatoms. The molecule has 0 saturated heterocycles. The van der Waals surface area contributed by atoms with E-state index >= 15 is 0 Å². The first kappa shape index (κ1) is 17.2. The van der Waals surface area contributed by atoms with Crippen molar-refractivity contribution in [2.75, 3.05) is 27.2 Å². The maximum Gasteiger partial charge on any atom is 0.241 e. The van der Waals surface area contributed by atoms with Crippen LogP contribution in [0.25, 0.3) is 0 Å². The molecule has 0 aliphatic carbocycles. The maximum atomic E-state index is 11.9. The summed E-state index contributed by atoms with van der Waals surface area (Å²) in [6, 6.07) is 14.0. The van der Waals surface area contributed by atoms with Crippen molar-refractivity contribution in [1.29, 1.82) is 0 Å². The fourth-order valence-electron chi connectivity index (χ4n) is 2.07. The SMILES string of the molecule is CN(C)C(=O)CNC(=O)CN[C@H](c1ccccc1)c1cccs1. The van der Waals surface area contributed by atoms with E-state index in [1.54, 1.807) is 25.4 Å². The van der Waals surface area contributed by atoms with Crippen molar-refractivity contribution >= 4 is 23.2 Å². The summed E-state index contributed by atoms with van der Waals surface area (Å²) in [6.07, 6.45) is 0. The molecule has 0 fully saturated rings. The summed E-state index contributed by atoms with van der Waals surface area (Å²) in [7, 11) is 3.32. The Kier molecular flexibility index (Phi) is 6.31. The molecule has 0 bridgehead atoms. The molecule has 2 aromatic rings. The lowest BCUT2D eigenvalue weighted by Crippen LogP contribution is -2.41. The van der Waals surface area contributed by atoms with E-state index in [-0.39, 0.29) is 30.9 Å². The maximum absolute atomic E-state index is 11.9. The van der Waals surface area contributed by atoms with E-state index < -0.39 is 0 Å². The van der Waals surface area contributed by atoms with Crippen molar-refractivity contribution in [3.63, 3.8) is 0 Å². The van der Waals surface area contributed by atoms with E-state index in [2.05, 4.69) is 10.6 Å². The molecule has 0 radical (unpaired) electrons. The van der Waals surface area contributed by atoms with Crippen molar-refractivity contribution in [1.82, 2.24) is 15.5 Å². The van der Waals surface area contributed by atoms with Crippen LogP contribution in [0.2, 0.25) is 0 Å². The number of benzene rings is 1. The minimum Gasteiger partial charge on any atom is -0.347 e. The summed E-state index contributed by atoms with van der Waals surface area (Å²) >= 11 is 1.64. The van der Waals surface area contributed by atoms with Crippen LogP contribution < -0.4 is 10.6 Å². The van der Waals surface area contributed by atoms with Gasteiger partial charge in [-0.25, -0.2) is 0 Å². The van der Waals surface area contributed by atoms with Gasteiger partial charge in [0.25, 0.3) is 0 Å². The van der Waals surface area contributed by atoms with Gasteiger partial charge in [-0.3, -0.25) is 14.9 Å². The van der Waals surface area contributed by atoms with Crippen LogP contribution in [-0.4, -0.2) is 43.9 Å². The van der Waals surface area contributed by atoms with E-state index in [4.69, 9.17) is 0 Å². The molecule has 1 atom stereocenters. The molecule has 2 amide bonds.